The van der Waals surface area contributed by atoms with Gasteiger partial charge in [-0.2, -0.15) is 0 Å². The number of nitrogens with zero attached hydrogens (tertiary/aromatic N) is 2. The van der Waals surface area contributed by atoms with E-state index in [-0.39, 0.29) is 12.3 Å². The normalized spacial score (nSPS) is 15.2. The summed E-state index contributed by atoms with van der Waals surface area (Å²) in [5.74, 6) is -1.76. The molecule has 5 nitrogen and oxygen atoms in total. The van der Waals surface area contributed by atoms with Crippen LogP contribution in [0.2, 0.25) is 0 Å². The van der Waals surface area contributed by atoms with E-state index in [1.807, 2.05) is 24.5 Å². The van der Waals surface area contributed by atoms with Crippen LogP contribution in [0.4, 0.5) is 14.5 Å². The lowest BCUT2D eigenvalue weighted by atomic mass is 10.0. The van der Waals surface area contributed by atoms with E-state index >= 15 is 0 Å². The van der Waals surface area contributed by atoms with Gasteiger partial charge in [-0.1, -0.05) is 25.1 Å². The van der Waals surface area contributed by atoms with E-state index in [1.165, 1.54) is 6.07 Å². The van der Waals surface area contributed by atoms with Gasteiger partial charge in [0, 0.05) is 22.6 Å². The van der Waals surface area contributed by atoms with Crippen molar-refractivity contribution in [1.82, 2.24) is 5.32 Å². The van der Waals surface area contributed by atoms with Gasteiger partial charge in [0.15, 0.2) is 11.6 Å². The minimum atomic E-state index is -0.974. The number of benzene rings is 2. The van der Waals surface area contributed by atoms with Gasteiger partial charge < -0.3 is 11.1 Å². The van der Waals surface area contributed by atoms with E-state index in [0.29, 0.717) is 17.8 Å². The molecule has 0 aromatic heterocycles. The quantitative estimate of drug-likeness (QED) is 0.342. The first kappa shape index (κ1) is 28.1. The molecule has 0 saturated heterocycles. The molecule has 2 aromatic carbocycles. The Labute approximate surface area is 221 Å². The Kier molecular flexibility index (Phi) is 9.97. The first-order valence-electron chi connectivity index (χ1n) is 12.1. The largest absolute Gasteiger partial charge is 0.399 e. The van der Waals surface area contributed by atoms with E-state index in [4.69, 9.17) is 15.7 Å². The lowest BCUT2D eigenvalue weighted by molar-refractivity contribution is -0.119. The van der Waals surface area contributed by atoms with Crippen LogP contribution in [0, 0.1) is 11.6 Å². The molecule has 0 atom stereocenters. The molecule has 1 aliphatic heterocycles. The van der Waals surface area contributed by atoms with Gasteiger partial charge in [-0.05, 0) is 67.3 Å². The number of anilines is 1. The fourth-order valence-corrected chi connectivity index (χ4v) is 4.99. The van der Waals surface area contributed by atoms with Gasteiger partial charge in [-0.15, -0.1) is 24.9 Å². The molecule has 2 aromatic rings. The monoisotopic (exact) mass is 522 g/mol. The molecule has 0 radical (unpaired) electrons. The number of rotatable bonds is 5. The molecule has 0 spiro atoms. The molecule has 1 amide bonds. The van der Waals surface area contributed by atoms with Crippen molar-refractivity contribution >= 4 is 40.6 Å². The fourth-order valence-electron chi connectivity index (χ4n) is 4.30. The maximum absolute atomic E-state index is 13.6. The lowest BCUT2D eigenvalue weighted by Crippen LogP contribution is -2.33. The number of carbonyl (C=O) groups excluding carboxylic acids is 1. The number of amidine groups is 1. The Morgan fingerprint density at radius 2 is 1.92 bits per heavy atom. The number of fused-ring (bicyclic) bond motifs is 2. The van der Waals surface area contributed by atoms with Crippen LogP contribution < -0.4 is 11.1 Å². The number of nitrogens with one attached hydrogen (secondary N) is 1. The first-order chi connectivity index (χ1) is 17.9. The van der Waals surface area contributed by atoms with Crippen LogP contribution in [-0.4, -0.2) is 23.7 Å². The number of allylic oxidation sites excluding steroid dienone is 3. The first-order valence-corrected chi connectivity index (χ1v) is 13.4. The Morgan fingerprint density at radius 3 is 2.62 bits per heavy atom. The molecule has 8 heteroatoms. The van der Waals surface area contributed by atoms with Crippen LogP contribution >= 0.6 is 11.8 Å². The third-order valence-electron chi connectivity index (χ3n) is 5.90. The SMILES string of the molecule is C=C.CC/C=C(\SC)C1=NC2=C(CCCc3cc(N)ccc32)N=C(NC(=O)Cc2ccc(F)c(F)c2)C1. The van der Waals surface area contributed by atoms with E-state index in [9.17, 15) is 13.6 Å². The lowest BCUT2D eigenvalue weighted by Gasteiger charge is -2.12. The zero-order valence-electron chi connectivity index (χ0n) is 21.2. The van der Waals surface area contributed by atoms with Crippen LogP contribution in [0.1, 0.15) is 49.3 Å². The Bertz CT molecular complexity index is 1300. The zero-order valence-corrected chi connectivity index (χ0v) is 22.1. The molecule has 0 bridgehead atoms. The predicted octanol–water partition coefficient (Wildman–Crippen LogP) is 6.61. The second-order valence-electron chi connectivity index (χ2n) is 8.51. The van der Waals surface area contributed by atoms with Crippen molar-refractivity contribution in [1.29, 1.82) is 0 Å². The molecule has 0 saturated carbocycles. The van der Waals surface area contributed by atoms with Crippen molar-refractivity contribution < 1.29 is 13.6 Å². The summed E-state index contributed by atoms with van der Waals surface area (Å²) < 4.78 is 26.9. The number of nitrogens with two attached hydrogens (primary N) is 1. The second kappa shape index (κ2) is 13.1. The minimum Gasteiger partial charge on any atom is -0.399 e. The fraction of sp³-hybridized carbons (Fsp3) is 0.276. The van der Waals surface area contributed by atoms with Gasteiger partial charge in [0.1, 0.15) is 5.84 Å². The summed E-state index contributed by atoms with van der Waals surface area (Å²) in [5, 5.41) is 2.90. The summed E-state index contributed by atoms with van der Waals surface area (Å²) >= 11 is 1.61. The van der Waals surface area contributed by atoms with Crippen LogP contribution in [0.15, 0.2) is 76.2 Å². The average molecular weight is 523 g/mol. The summed E-state index contributed by atoms with van der Waals surface area (Å²) in [6.45, 7) is 8.07. The number of carbonyl (C=O) groups is 1. The Hall–Kier alpha value is -3.52. The molecule has 4 rings (SSSR count). The van der Waals surface area contributed by atoms with Crippen LogP contribution in [0.5, 0.6) is 0 Å². The van der Waals surface area contributed by atoms with Crippen LogP contribution in [0.25, 0.3) is 5.70 Å². The molecule has 0 unspecified atom stereocenters. The number of aliphatic imine (C=N–C) groups is 2. The van der Waals surface area contributed by atoms with Gasteiger partial charge in [-0.25, -0.2) is 18.8 Å². The van der Waals surface area contributed by atoms with Crippen molar-refractivity contribution in [2.75, 3.05) is 12.0 Å². The maximum atomic E-state index is 13.6. The van der Waals surface area contributed by atoms with Crippen molar-refractivity contribution in [2.24, 2.45) is 9.98 Å². The number of nitrogen functional groups attached to an aromatic ring is 1. The van der Waals surface area contributed by atoms with Crippen molar-refractivity contribution in [3.05, 3.63) is 94.6 Å². The van der Waals surface area contributed by atoms with Gasteiger partial charge in [0.05, 0.1) is 23.5 Å². The topological polar surface area (TPSA) is 79.8 Å². The highest BCUT2D eigenvalue weighted by atomic mass is 32.2. The maximum Gasteiger partial charge on any atom is 0.229 e. The smallest absolute Gasteiger partial charge is 0.229 e. The van der Waals surface area contributed by atoms with Crippen LogP contribution in [-0.2, 0) is 17.6 Å². The summed E-state index contributed by atoms with van der Waals surface area (Å²) in [6.07, 6.45) is 7.72. The van der Waals surface area contributed by atoms with Crippen molar-refractivity contribution in [2.45, 2.75) is 45.4 Å². The molecule has 3 N–H and O–H groups in total. The van der Waals surface area contributed by atoms with Gasteiger partial charge >= 0.3 is 0 Å². The number of amides is 1. The van der Waals surface area contributed by atoms with Crippen LogP contribution in [0.3, 0.4) is 0 Å². The molecule has 0 fully saturated rings. The molecule has 37 heavy (non-hydrogen) atoms. The van der Waals surface area contributed by atoms with Gasteiger partial charge in [-0.3, -0.25) is 4.79 Å². The van der Waals surface area contributed by atoms with Gasteiger partial charge in [0.25, 0.3) is 0 Å². The molecule has 1 aliphatic carbocycles. The summed E-state index contributed by atoms with van der Waals surface area (Å²) in [6, 6.07) is 9.35. The number of thioether (sulfide) groups is 1. The van der Waals surface area contributed by atoms with E-state index < -0.39 is 11.6 Å². The van der Waals surface area contributed by atoms with E-state index in [1.54, 1.807) is 11.8 Å². The predicted molar refractivity (Wildman–Crippen MR) is 152 cm³/mol. The minimum absolute atomic E-state index is 0.0864. The molecule has 2 aliphatic rings. The third-order valence-corrected chi connectivity index (χ3v) is 6.74. The Morgan fingerprint density at radius 1 is 1.14 bits per heavy atom. The van der Waals surface area contributed by atoms with Crippen molar-refractivity contribution in [3.63, 3.8) is 0 Å². The number of hydrogen-bond donors (Lipinski definition) is 2. The second-order valence-corrected chi connectivity index (χ2v) is 9.36. The average Bonchev–Trinajstić information content (AvgIpc) is 3.15. The highest BCUT2D eigenvalue weighted by Gasteiger charge is 2.24. The molecule has 1 heterocycles. The van der Waals surface area contributed by atoms with Crippen molar-refractivity contribution in [3.8, 4) is 0 Å². The summed E-state index contributed by atoms with van der Waals surface area (Å²) in [4.78, 5) is 23.8. The number of hydrogen-bond acceptors (Lipinski definition) is 5. The number of halogens is 2. The molecule has 194 valence electrons. The summed E-state index contributed by atoms with van der Waals surface area (Å²) in [7, 11) is 0. The molecular formula is C29H32F2N4OS. The third kappa shape index (κ3) is 7.04. The van der Waals surface area contributed by atoms with E-state index in [2.05, 4.69) is 31.5 Å². The number of aryl methyl sites for hydroxylation is 1. The van der Waals surface area contributed by atoms with E-state index in [0.717, 1.165) is 76.6 Å². The molecular weight excluding hydrogens is 490 g/mol. The standard InChI is InChI=1S/C27H28F2N4OS.C2H4/c1-3-5-24(35-2)23-15-25(33-26(34)13-16-8-11-20(28)21(29)12-16)31-22-7-4-6-17-14-18(30)9-10-19(17)27(22)32-23;1-2/h5,8-12,14H,3-4,6-7,13,15,30H2,1-2H3,(H,31,33,34);1-2H2/b24-5-;. The highest BCUT2D eigenvalue weighted by molar-refractivity contribution is 8.03. The van der Waals surface area contributed by atoms with Gasteiger partial charge in [0.2, 0.25) is 5.91 Å². The highest BCUT2D eigenvalue weighted by Crippen LogP contribution is 2.36. The zero-order chi connectivity index (χ0) is 26.9. The summed E-state index contributed by atoms with van der Waals surface area (Å²) in [5.41, 5.74) is 11.8. The Balaban J connectivity index is 0.00000186.